The van der Waals surface area contributed by atoms with E-state index in [1.807, 2.05) is 25.1 Å². The average Bonchev–Trinajstić information content (AvgIpc) is 2.72. The van der Waals surface area contributed by atoms with Crippen LogP contribution in [0, 0.1) is 6.92 Å². The molecule has 28 heavy (non-hydrogen) atoms. The molecule has 0 bridgehead atoms. The van der Waals surface area contributed by atoms with Crippen LogP contribution in [0.1, 0.15) is 22.6 Å². The summed E-state index contributed by atoms with van der Waals surface area (Å²) in [7, 11) is 1.64. The van der Waals surface area contributed by atoms with Crippen molar-refractivity contribution < 1.29 is 14.3 Å². The highest BCUT2D eigenvalue weighted by molar-refractivity contribution is 5.92. The average molecular weight is 385 g/mol. The van der Waals surface area contributed by atoms with Crippen molar-refractivity contribution in [2.24, 2.45) is 0 Å². The second-order valence-electron chi connectivity index (χ2n) is 6.56. The van der Waals surface area contributed by atoms with Crippen LogP contribution in [0.3, 0.4) is 0 Å². The number of nitrogens with zero attached hydrogens (tertiary/aromatic N) is 3. The first-order valence-corrected chi connectivity index (χ1v) is 9.49. The fraction of sp³-hybridized carbons (Fsp3) is 0.450. The topological polar surface area (TPSA) is 88.6 Å². The van der Waals surface area contributed by atoms with Crippen molar-refractivity contribution in [2.75, 3.05) is 56.8 Å². The van der Waals surface area contributed by atoms with Gasteiger partial charge in [-0.1, -0.05) is 12.1 Å². The maximum Gasteiger partial charge on any atom is 0.270 e. The summed E-state index contributed by atoms with van der Waals surface area (Å²) in [5.41, 5.74) is 3.04. The number of para-hydroxylation sites is 2. The first kappa shape index (κ1) is 20.0. The number of carbonyl (C=O) groups excluding carboxylic acids is 1. The molecule has 1 amide bonds. The van der Waals surface area contributed by atoms with E-state index in [4.69, 9.17) is 9.47 Å². The molecule has 1 aromatic carbocycles. The van der Waals surface area contributed by atoms with Crippen molar-refractivity contribution in [3.63, 3.8) is 0 Å². The number of amides is 1. The molecule has 1 aliphatic rings. The number of hydrogen-bond donors (Lipinski definition) is 2. The third-order valence-corrected chi connectivity index (χ3v) is 4.40. The van der Waals surface area contributed by atoms with Crippen LogP contribution in [0.2, 0.25) is 0 Å². The first-order valence-electron chi connectivity index (χ1n) is 9.49. The largest absolute Gasteiger partial charge is 0.385 e. The van der Waals surface area contributed by atoms with E-state index in [1.54, 1.807) is 13.2 Å². The predicted octanol–water partition coefficient (Wildman–Crippen LogP) is 2.13. The van der Waals surface area contributed by atoms with Crippen molar-refractivity contribution >= 4 is 23.2 Å². The number of aryl methyl sites for hydroxylation is 1. The van der Waals surface area contributed by atoms with E-state index < -0.39 is 0 Å². The SMILES string of the molecule is COCCCNC(=O)c1cc(C)nc(Nc2ccccc2N2CCOCC2)n1. The van der Waals surface area contributed by atoms with E-state index in [0.717, 1.165) is 36.6 Å². The zero-order chi connectivity index (χ0) is 19.8. The highest BCUT2D eigenvalue weighted by Gasteiger charge is 2.16. The monoisotopic (exact) mass is 385 g/mol. The van der Waals surface area contributed by atoms with E-state index >= 15 is 0 Å². The molecular weight excluding hydrogens is 358 g/mol. The number of hydrogen-bond acceptors (Lipinski definition) is 7. The van der Waals surface area contributed by atoms with E-state index in [9.17, 15) is 4.79 Å². The van der Waals surface area contributed by atoms with Crippen LogP contribution in [0.15, 0.2) is 30.3 Å². The number of carbonyl (C=O) groups is 1. The van der Waals surface area contributed by atoms with E-state index in [-0.39, 0.29) is 5.91 Å². The lowest BCUT2D eigenvalue weighted by atomic mass is 10.2. The molecule has 150 valence electrons. The predicted molar refractivity (Wildman–Crippen MR) is 108 cm³/mol. The first-order chi connectivity index (χ1) is 13.7. The number of aromatic nitrogens is 2. The highest BCUT2D eigenvalue weighted by atomic mass is 16.5. The molecule has 1 saturated heterocycles. The lowest BCUT2D eigenvalue weighted by Crippen LogP contribution is -2.36. The van der Waals surface area contributed by atoms with Crippen molar-refractivity contribution in [3.8, 4) is 0 Å². The third kappa shape index (κ3) is 5.40. The van der Waals surface area contributed by atoms with Crippen LogP contribution in [0.5, 0.6) is 0 Å². The molecule has 0 spiro atoms. The Labute approximate surface area is 165 Å². The Morgan fingerprint density at radius 3 is 2.82 bits per heavy atom. The van der Waals surface area contributed by atoms with Gasteiger partial charge in [-0.2, -0.15) is 0 Å². The summed E-state index contributed by atoms with van der Waals surface area (Å²) < 4.78 is 10.4. The van der Waals surface area contributed by atoms with Gasteiger partial charge >= 0.3 is 0 Å². The van der Waals surface area contributed by atoms with Crippen molar-refractivity contribution in [2.45, 2.75) is 13.3 Å². The Bertz CT molecular complexity index is 793. The van der Waals surface area contributed by atoms with Gasteiger partial charge in [0.15, 0.2) is 0 Å². The minimum Gasteiger partial charge on any atom is -0.385 e. The summed E-state index contributed by atoms with van der Waals surface area (Å²) >= 11 is 0. The van der Waals surface area contributed by atoms with Crippen LogP contribution in [0.25, 0.3) is 0 Å². The van der Waals surface area contributed by atoms with Crippen LogP contribution >= 0.6 is 0 Å². The minimum atomic E-state index is -0.217. The number of methoxy groups -OCH3 is 1. The standard InChI is InChI=1S/C20H27N5O3/c1-15-14-17(19(26)21-8-5-11-27-2)24-20(22-15)23-16-6-3-4-7-18(16)25-9-12-28-13-10-25/h3-4,6-7,14H,5,8-13H2,1-2H3,(H,21,26)(H,22,23,24). The maximum absolute atomic E-state index is 12.4. The summed E-state index contributed by atoms with van der Waals surface area (Å²) in [5, 5.41) is 6.13. The summed E-state index contributed by atoms with van der Waals surface area (Å²) in [6, 6.07) is 9.70. The van der Waals surface area contributed by atoms with Gasteiger partial charge in [-0.15, -0.1) is 0 Å². The Hall–Kier alpha value is -2.71. The van der Waals surface area contributed by atoms with E-state index in [1.165, 1.54) is 0 Å². The third-order valence-electron chi connectivity index (χ3n) is 4.40. The van der Waals surface area contributed by atoms with E-state index in [2.05, 4.69) is 31.6 Å². The molecule has 8 nitrogen and oxygen atoms in total. The number of morpholine rings is 1. The number of benzene rings is 1. The molecule has 0 atom stereocenters. The normalized spacial score (nSPS) is 14.0. The minimum absolute atomic E-state index is 0.217. The van der Waals surface area contributed by atoms with Gasteiger partial charge in [0.05, 0.1) is 24.6 Å². The van der Waals surface area contributed by atoms with Gasteiger partial charge in [0.25, 0.3) is 5.91 Å². The molecule has 3 rings (SSSR count). The van der Waals surface area contributed by atoms with Gasteiger partial charge in [-0.3, -0.25) is 4.79 Å². The van der Waals surface area contributed by atoms with Gasteiger partial charge < -0.3 is 25.0 Å². The molecule has 2 aromatic rings. The highest BCUT2D eigenvalue weighted by Crippen LogP contribution is 2.28. The molecule has 0 unspecified atom stereocenters. The molecule has 0 aliphatic carbocycles. The van der Waals surface area contributed by atoms with Gasteiger partial charge in [-0.05, 0) is 31.5 Å². The zero-order valence-electron chi connectivity index (χ0n) is 16.4. The molecular formula is C20H27N5O3. The zero-order valence-corrected chi connectivity index (χ0v) is 16.4. The van der Waals surface area contributed by atoms with Crippen LogP contribution in [0.4, 0.5) is 17.3 Å². The second-order valence-corrected chi connectivity index (χ2v) is 6.56. The lowest BCUT2D eigenvalue weighted by molar-refractivity contribution is 0.0943. The Morgan fingerprint density at radius 2 is 2.04 bits per heavy atom. The number of anilines is 3. The Morgan fingerprint density at radius 1 is 1.25 bits per heavy atom. The van der Waals surface area contributed by atoms with Gasteiger partial charge in [-0.25, -0.2) is 9.97 Å². The number of rotatable bonds is 8. The molecule has 2 N–H and O–H groups in total. The van der Waals surface area contributed by atoms with Gasteiger partial charge in [0, 0.05) is 39.0 Å². The maximum atomic E-state index is 12.4. The molecule has 0 radical (unpaired) electrons. The summed E-state index contributed by atoms with van der Waals surface area (Å²) in [5.74, 6) is 0.189. The molecule has 1 fully saturated rings. The summed E-state index contributed by atoms with van der Waals surface area (Å²) in [6.45, 7) is 6.09. The quantitative estimate of drug-likeness (QED) is 0.673. The molecule has 0 saturated carbocycles. The molecule has 1 aliphatic heterocycles. The Balaban J connectivity index is 1.74. The van der Waals surface area contributed by atoms with Crippen molar-refractivity contribution in [3.05, 3.63) is 41.7 Å². The smallest absolute Gasteiger partial charge is 0.270 e. The lowest BCUT2D eigenvalue weighted by Gasteiger charge is -2.30. The van der Waals surface area contributed by atoms with Crippen molar-refractivity contribution in [1.29, 1.82) is 0 Å². The summed E-state index contributed by atoms with van der Waals surface area (Å²) in [4.78, 5) is 23.5. The van der Waals surface area contributed by atoms with Crippen LogP contribution in [-0.4, -0.2) is 62.4 Å². The van der Waals surface area contributed by atoms with Crippen molar-refractivity contribution in [1.82, 2.24) is 15.3 Å². The fourth-order valence-electron chi connectivity index (χ4n) is 3.03. The molecule has 1 aromatic heterocycles. The molecule has 2 heterocycles. The van der Waals surface area contributed by atoms with Crippen LogP contribution < -0.4 is 15.5 Å². The van der Waals surface area contributed by atoms with E-state index in [0.29, 0.717) is 38.0 Å². The second kappa shape index (κ2) is 10.0. The molecule has 8 heteroatoms. The van der Waals surface area contributed by atoms with Crippen LogP contribution in [-0.2, 0) is 9.47 Å². The fourth-order valence-corrected chi connectivity index (χ4v) is 3.03. The number of ether oxygens (including phenoxy) is 2. The van der Waals surface area contributed by atoms with Gasteiger partial charge in [0.2, 0.25) is 5.95 Å². The summed E-state index contributed by atoms with van der Waals surface area (Å²) in [6.07, 6.45) is 0.754. The number of nitrogens with one attached hydrogen (secondary N) is 2. The van der Waals surface area contributed by atoms with Gasteiger partial charge in [0.1, 0.15) is 5.69 Å². The Kier molecular flexibility index (Phi) is 7.16.